The average Bonchev–Trinajstić information content (AvgIpc) is 2.63. The molecule has 25 heavy (non-hydrogen) atoms. The van der Waals surface area contributed by atoms with Gasteiger partial charge in [-0.05, 0) is 7.05 Å². The predicted octanol–water partition coefficient (Wildman–Crippen LogP) is 1.28. The molecule has 0 saturated carbocycles. The van der Waals surface area contributed by atoms with Gasteiger partial charge in [0.15, 0.2) is 16.7 Å². The van der Waals surface area contributed by atoms with E-state index in [1.807, 2.05) is 6.07 Å². The Kier molecular flexibility index (Phi) is 5.55. The van der Waals surface area contributed by atoms with Crippen molar-refractivity contribution in [2.45, 2.75) is 6.10 Å². The smallest absolute Gasteiger partial charge is 0.174 e. The van der Waals surface area contributed by atoms with Crippen molar-refractivity contribution in [3.63, 3.8) is 0 Å². The molecule has 0 radical (unpaired) electrons. The van der Waals surface area contributed by atoms with Crippen molar-refractivity contribution in [2.24, 2.45) is 0 Å². The Morgan fingerprint density at radius 1 is 1.36 bits per heavy atom. The highest BCUT2D eigenvalue weighted by atomic mass is 35.5. The maximum atomic E-state index is 8.74. The average molecular weight is 361 g/mol. The van der Waals surface area contributed by atoms with Crippen molar-refractivity contribution < 1.29 is 4.74 Å². The summed E-state index contributed by atoms with van der Waals surface area (Å²) < 4.78 is 5.71. The molecular formula is C15H17ClN8O. The maximum Gasteiger partial charge on any atom is 0.174 e. The summed E-state index contributed by atoms with van der Waals surface area (Å²) in [5.74, 6) is 0.923. The molecule has 0 aromatic carbocycles. The van der Waals surface area contributed by atoms with Crippen LogP contribution in [0, 0.1) is 11.3 Å². The van der Waals surface area contributed by atoms with Crippen LogP contribution in [-0.2, 0) is 4.74 Å². The molecule has 1 atom stereocenters. The first kappa shape index (κ1) is 17.3. The van der Waals surface area contributed by atoms with Crippen LogP contribution >= 0.6 is 11.6 Å². The van der Waals surface area contributed by atoms with E-state index in [-0.39, 0.29) is 17.0 Å². The van der Waals surface area contributed by atoms with Crippen LogP contribution in [-0.4, -0.2) is 64.5 Å². The summed E-state index contributed by atoms with van der Waals surface area (Å²) in [6.45, 7) is 3.13. The number of ether oxygens (including phenoxy) is 1. The highest BCUT2D eigenvalue weighted by Gasteiger charge is 2.18. The van der Waals surface area contributed by atoms with E-state index < -0.39 is 0 Å². The minimum absolute atomic E-state index is 0.0868. The zero-order valence-electron chi connectivity index (χ0n) is 13.6. The van der Waals surface area contributed by atoms with Gasteiger partial charge in [0.25, 0.3) is 0 Å². The van der Waals surface area contributed by atoms with Crippen molar-refractivity contribution >= 4 is 28.9 Å². The molecule has 1 aliphatic heterocycles. The Hall–Kier alpha value is -2.54. The SMILES string of the molecule is CN1CCOC(CNc2cc(Nc3cnc(C#N)cn3)nnc2Cl)C1. The quantitative estimate of drug-likeness (QED) is 0.813. The van der Waals surface area contributed by atoms with Gasteiger partial charge in [-0.1, -0.05) is 11.6 Å². The van der Waals surface area contributed by atoms with E-state index in [0.29, 0.717) is 23.9 Å². The molecule has 1 saturated heterocycles. The molecule has 2 aromatic heterocycles. The lowest BCUT2D eigenvalue weighted by atomic mass is 10.2. The second-order valence-corrected chi connectivity index (χ2v) is 5.95. The van der Waals surface area contributed by atoms with Gasteiger partial charge in [0, 0.05) is 25.7 Å². The number of anilines is 3. The molecule has 1 aliphatic rings. The van der Waals surface area contributed by atoms with Crippen LogP contribution in [0.4, 0.5) is 17.3 Å². The minimum Gasteiger partial charge on any atom is -0.380 e. The van der Waals surface area contributed by atoms with Gasteiger partial charge >= 0.3 is 0 Å². The fourth-order valence-electron chi connectivity index (χ4n) is 2.36. The lowest BCUT2D eigenvalue weighted by molar-refractivity contribution is -0.0117. The van der Waals surface area contributed by atoms with Crippen molar-refractivity contribution in [3.8, 4) is 6.07 Å². The monoisotopic (exact) mass is 360 g/mol. The molecule has 3 rings (SSSR count). The number of nitrogens with zero attached hydrogens (tertiary/aromatic N) is 6. The molecule has 0 bridgehead atoms. The minimum atomic E-state index is 0.0868. The number of hydrogen-bond donors (Lipinski definition) is 2. The first-order valence-corrected chi connectivity index (χ1v) is 8.08. The van der Waals surface area contributed by atoms with E-state index in [2.05, 4.69) is 42.7 Å². The van der Waals surface area contributed by atoms with Crippen LogP contribution in [0.25, 0.3) is 0 Å². The van der Waals surface area contributed by atoms with Gasteiger partial charge in [0.05, 0.1) is 30.8 Å². The van der Waals surface area contributed by atoms with Gasteiger partial charge in [-0.2, -0.15) is 5.26 Å². The molecule has 0 spiro atoms. The van der Waals surface area contributed by atoms with E-state index in [0.717, 1.165) is 19.7 Å². The van der Waals surface area contributed by atoms with Crippen LogP contribution in [0.2, 0.25) is 5.15 Å². The molecule has 10 heteroatoms. The number of rotatable bonds is 5. The second kappa shape index (κ2) is 8.02. The van der Waals surface area contributed by atoms with Gasteiger partial charge in [-0.25, -0.2) is 9.97 Å². The Balaban J connectivity index is 1.64. The summed E-state index contributed by atoms with van der Waals surface area (Å²) in [4.78, 5) is 10.2. The predicted molar refractivity (Wildman–Crippen MR) is 92.8 cm³/mol. The van der Waals surface area contributed by atoms with Crippen molar-refractivity contribution in [1.82, 2.24) is 25.1 Å². The van der Waals surface area contributed by atoms with Gasteiger partial charge in [-0.3, -0.25) is 0 Å². The van der Waals surface area contributed by atoms with Crippen LogP contribution in [0.1, 0.15) is 5.69 Å². The first-order valence-electron chi connectivity index (χ1n) is 7.70. The summed E-state index contributed by atoms with van der Waals surface area (Å²) in [5, 5.41) is 23.1. The molecule has 2 N–H and O–H groups in total. The van der Waals surface area contributed by atoms with E-state index in [4.69, 9.17) is 21.6 Å². The standard InChI is InChI=1S/C15H17ClN8O/c1-24-2-3-25-11(9-24)7-19-12-4-13(22-23-15(12)16)21-14-8-18-10(5-17)6-20-14/h4,6,8,11H,2-3,7,9H2,1H3,(H2,19,20,21,22). The van der Waals surface area contributed by atoms with Crippen LogP contribution < -0.4 is 10.6 Å². The molecule has 1 unspecified atom stereocenters. The van der Waals surface area contributed by atoms with Crippen LogP contribution in [0.15, 0.2) is 18.5 Å². The van der Waals surface area contributed by atoms with E-state index in [1.54, 1.807) is 6.07 Å². The number of hydrogen-bond acceptors (Lipinski definition) is 9. The fourth-order valence-corrected chi connectivity index (χ4v) is 2.52. The third-order valence-electron chi connectivity index (χ3n) is 3.63. The van der Waals surface area contributed by atoms with E-state index >= 15 is 0 Å². The highest BCUT2D eigenvalue weighted by molar-refractivity contribution is 6.31. The van der Waals surface area contributed by atoms with Crippen LogP contribution in [0.3, 0.4) is 0 Å². The molecule has 0 amide bonds. The highest BCUT2D eigenvalue weighted by Crippen LogP contribution is 2.22. The number of aromatic nitrogens is 4. The third kappa shape index (κ3) is 4.73. The zero-order chi connectivity index (χ0) is 17.6. The van der Waals surface area contributed by atoms with E-state index in [9.17, 15) is 0 Å². The van der Waals surface area contributed by atoms with Gasteiger partial charge in [0.1, 0.15) is 11.9 Å². The lowest BCUT2D eigenvalue weighted by Crippen LogP contribution is -2.43. The Bertz CT molecular complexity index is 763. The molecule has 9 nitrogen and oxygen atoms in total. The normalized spacial score (nSPS) is 17.7. The number of likely N-dealkylation sites (N-methyl/N-ethyl adjacent to an activating group) is 1. The summed E-state index contributed by atoms with van der Waals surface area (Å²) in [7, 11) is 2.07. The van der Waals surface area contributed by atoms with Gasteiger partial charge in [-0.15, -0.1) is 10.2 Å². The summed E-state index contributed by atoms with van der Waals surface area (Å²) in [5.41, 5.74) is 0.894. The molecule has 2 aromatic rings. The number of halogens is 1. The zero-order valence-corrected chi connectivity index (χ0v) is 14.4. The number of nitriles is 1. The lowest BCUT2D eigenvalue weighted by Gasteiger charge is -2.30. The van der Waals surface area contributed by atoms with Crippen molar-refractivity contribution in [2.75, 3.05) is 43.9 Å². The Morgan fingerprint density at radius 2 is 2.24 bits per heavy atom. The molecule has 3 heterocycles. The Labute approximate surface area is 150 Å². The summed E-state index contributed by atoms with van der Waals surface area (Å²) in [6, 6.07) is 3.65. The topological polar surface area (TPSA) is 112 Å². The summed E-state index contributed by atoms with van der Waals surface area (Å²) in [6.07, 6.45) is 2.92. The van der Waals surface area contributed by atoms with Crippen molar-refractivity contribution in [1.29, 1.82) is 5.26 Å². The van der Waals surface area contributed by atoms with Crippen molar-refractivity contribution in [3.05, 3.63) is 29.3 Å². The summed E-state index contributed by atoms with van der Waals surface area (Å²) >= 11 is 6.11. The van der Waals surface area contributed by atoms with Gasteiger partial charge < -0.3 is 20.3 Å². The molecule has 1 fully saturated rings. The molecule has 130 valence electrons. The molecule has 0 aliphatic carbocycles. The number of nitrogens with one attached hydrogen (secondary N) is 2. The number of morpholine rings is 1. The molecular weight excluding hydrogens is 344 g/mol. The van der Waals surface area contributed by atoms with E-state index in [1.165, 1.54) is 12.4 Å². The largest absolute Gasteiger partial charge is 0.380 e. The fraction of sp³-hybridized carbons (Fsp3) is 0.400. The first-order chi connectivity index (χ1) is 12.1. The van der Waals surface area contributed by atoms with Gasteiger partial charge in [0.2, 0.25) is 0 Å². The van der Waals surface area contributed by atoms with Crippen LogP contribution in [0.5, 0.6) is 0 Å². The second-order valence-electron chi connectivity index (χ2n) is 5.59. The Morgan fingerprint density at radius 3 is 2.96 bits per heavy atom. The third-order valence-corrected chi connectivity index (χ3v) is 3.91. The maximum absolute atomic E-state index is 8.74.